The first-order chi connectivity index (χ1) is 15.9. The monoisotopic (exact) mass is 464 g/mol. The van der Waals surface area contributed by atoms with Gasteiger partial charge in [0.15, 0.2) is 5.82 Å². The van der Waals surface area contributed by atoms with Gasteiger partial charge in [0.05, 0.1) is 40.5 Å². The minimum absolute atomic E-state index is 0.251. The lowest BCUT2D eigenvalue weighted by molar-refractivity contribution is 0.00578. The fourth-order valence-corrected chi connectivity index (χ4v) is 4.60. The number of hydrogen-bond acceptors (Lipinski definition) is 7. The van der Waals surface area contributed by atoms with Crippen LogP contribution in [-0.4, -0.2) is 48.9 Å². The summed E-state index contributed by atoms with van der Waals surface area (Å²) < 4.78 is 19.7. The zero-order chi connectivity index (χ0) is 24.4. The molecule has 0 spiro atoms. The van der Waals surface area contributed by atoms with Crippen molar-refractivity contribution < 1.29 is 18.9 Å². The summed E-state index contributed by atoms with van der Waals surface area (Å²) >= 11 is 0. The highest BCUT2D eigenvalue weighted by atomic mass is 16.7. The van der Waals surface area contributed by atoms with Crippen LogP contribution in [0.4, 0.5) is 0 Å². The molecule has 2 aromatic heterocycles. The van der Waals surface area contributed by atoms with Crippen LogP contribution in [0, 0.1) is 0 Å². The van der Waals surface area contributed by atoms with Gasteiger partial charge in [0, 0.05) is 6.20 Å². The standard InChI is InChI=1S/C25H33BN4O4/c1-22(2,31)16-30-15-17(14-27-30)20-28-21(29-32-20)25(12-7-13-25)18-8-10-19(11-9-18)26-33-23(3,4)24(5,6)34-26/h8-11,14-15,31H,7,12-13,16H2,1-6H3. The topological polar surface area (TPSA) is 95.4 Å². The molecule has 180 valence electrons. The van der Waals surface area contributed by atoms with Crippen LogP contribution in [-0.2, 0) is 21.3 Å². The summed E-state index contributed by atoms with van der Waals surface area (Å²) in [5.41, 5.74) is 1.08. The van der Waals surface area contributed by atoms with Gasteiger partial charge in [-0.05, 0) is 65.4 Å². The third-order valence-electron chi connectivity index (χ3n) is 7.48. The van der Waals surface area contributed by atoms with Crippen molar-refractivity contribution >= 4 is 12.6 Å². The molecule has 1 aliphatic carbocycles. The van der Waals surface area contributed by atoms with Gasteiger partial charge in [-0.25, -0.2) is 0 Å². The van der Waals surface area contributed by atoms with Crippen LogP contribution in [0.3, 0.4) is 0 Å². The molecule has 2 fully saturated rings. The molecule has 1 aromatic carbocycles. The van der Waals surface area contributed by atoms with E-state index < -0.39 is 5.60 Å². The average Bonchev–Trinajstić information content (AvgIpc) is 3.39. The number of hydrogen-bond donors (Lipinski definition) is 1. The first-order valence-corrected chi connectivity index (χ1v) is 11.9. The molecular formula is C25H33BN4O4. The Bertz CT molecular complexity index is 1160. The Morgan fingerprint density at radius 2 is 1.71 bits per heavy atom. The van der Waals surface area contributed by atoms with Crippen LogP contribution in [0.1, 0.15) is 72.2 Å². The van der Waals surface area contributed by atoms with E-state index in [4.69, 9.17) is 18.8 Å². The largest absolute Gasteiger partial charge is 0.494 e. The number of aliphatic hydroxyl groups is 1. The molecule has 8 nitrogen and oxygen atoms in total. The molecule has 1 N–H and O–H groups in total. The van der Waals surface area contributed by atoms with Crippen LogP contribution in [0.5, 0.6) is 0 Å². The summed E-state index contributed by atoms with van der Waals surface area (Å²) in [7, 11) is -0.381. The van der Waals surface area contributed by atoms with Crippen molar-refractivity contribution in [2.24, 2.45) is 0 Å². The van der Waals surface area contributed by atoms with Crippen molar-refractivity contribution in [1.29, 1.82) is 0 Å². The summed E-state index contributed by atoms with van der Waals surface area (Å²) in [5.74, 6) is 1.14. The van der Waals surface area contributed by atoms with Crippen molar-refractivity contribution in [3.05, 3.63) is 48.0 Å². The predicted octanol–water partition coefficient (Wildman–Crippen LogP) is 3.47. The average molecular weight is 464 g/mol. The Hall–Kier alpha value is -2.49. The van der Waals surface area contributed by atoms with Crippen molar-refractivity contribution in [3.63, 3.8) is 0 Å². The van der Waals surface area contributed by atoms with E-state index in [0.717, 1.165) is 30.3 Å². The van der Waals surface area contributed by atoms with E-state index in [1.165, 1.54) is 5.56 Å². The lowest BCUT2D eigenvalue weighted by Gasteiger charge is -2.39. The van der Waals surface area contributed by atoms with Gasteiger partial charge in [0.2, 0.25) is 0 Å². The van der Waals surface area contributed by atoms with Gasteiger partial charge in [-0.3, -0.25) is 4.68 Å². The zero-order valence-electron chi connectivity index (χ0n) is 20.8. The molecule has 9 heteroatoms. The summed E-state index contributed by atoms with van der Waals surface area (Å²) in [6.07, 6.45) is 6.57. The van der Waals surface area contributed by atoms with Crippen LogP contribution < -0.4 is 5.46 Å². The number of aromatic nitrogens is 4. The maximum atomic E-state index is 10.0. The molecular weight excluding hydrogens is 431 g/mol. The third-order valence-corrected chi connectivity index (χ3v) is 7.48. The predicted molar refractivity (Wildman–Crippen MR) is 129 cm³/mol. The highest BCUT2D eigenvalue weighted by Crippen LogP contribution is 2.48. The first kappa shape index (κ1) is 23.3. The fraction of sp³-hybridized carbons (Fsp3) is 0.560. The maximum absolute atomic E-state index is 10.0. The van der Waals surface area contributed by atoms with Crippen LogP contribution >= 0.6 is 0 Å². The summed E-state index contributed by atoms with van der Waals surface area (Å²) in [4.78, 5) is 4.76. The van der Waals surface area contributed by atoms with Crippen LogP contribution in [0.15, 0.2) is 41.2 Å². The quantitative estimate of drug-likeness (QED) is 0.558. The minimum Gasteiger partial charge on any atom is -0.399 e. The molecule has 3 aromatic rings. The van der Waals surface area contributed by atoms with E-state index in [1.54, 1.807) is 24.7 Å². The van der Waals surface area contributed by atoms with Gasteiger partial charge in [-0.1, -0.05) is 35.8 Å². The van der Waals surface area contributed by atoms with E-state index in [0.29, 0.717) is 18.3 Å². The minimum atomic E-state index is -0.856. The second-order valence-corrected chi connectivity index (χ2v) is 11.3. The second kappa shape index (κ2) is 7.76. The lowest BCUT2D eigenvalue weighted by Crippen LogP contribution is -2.41. The van der Waals surface area contributed by atoms with E-state index >= 15 is 0 Å². The third kappa shape index (κ3) is 3.99. The molecule has 0 bridgehead atoms. The molecule has 3 heterocycles. The van der Waals surface area contributed by atoms with Crippen LogP contribution in [0.25, 0.3) is 11.5 Å². The molecule has 0 atom stereocenters. The van der Waals surface area contributed by atoms with Gasteiger partial charge in [0.25, 0.3) is 5.89 Å². The number of benzene rings is 1. The van der Waals surface area contributed by atoms with Crippen molar-refractivity contribution in [2.45, 2.75) is 89.6 Å². The van der Waals surface area contributed by atoms with E-state index in [2.05, 4.69) is 62.2 Å². The molecule has 2 aliphatic rings. The van der Waals surface area contributed by atoms with E-state index in [9.17, 15) is 5.11 Å². The highest BCUT2D eigenvalue weighted by molar-refractivity contribution is 6.62. The fourth-order valence-electron chi connectivity index (χ4n) is 4.60. The second-order valence-electron chi connectivity index (χ2n) is 11.3. The summed E-state index contributed by atoms with van der Waals surface area (Å²) in [6, 6.07) is 8.44. The molecule has 0 unspecified atom stereocenters. The van der Waals surface area contributed by atoms with Gasteiger partial charge in [-0.2, -0.15) is 10.1 Å². The maximum Gasteiger partial charge on any atom is 0.494 e. The van der Waals surface area contributed by atoms with Crippen LogP contribution in [0.2, 0.25) is 0 Å². The molecule has 1 saturated heterocycles. The molecule has 1 saturated carbocycles. The Balaban J connectivity index is 1.37. The Morgan fingerprint density at radius 1 is 1.06 bits per heavy atom. The molecule has 1 aliphatic heterocycles. The van der Waals surface area contributed by atoms with Gasteiger partial charge >= 0.3 is 7.12 Å². The molecule has 5 rings (SSSR count). The molecule has 0 radical (unpaired) electrons. The number of rotatable bonds is 6. The van der Waals surface area contributed by atoms with E-state index in [1.807, 2.05) is 6.20 Å². The Kier molecular flexibility index (Phi) is 5.31. The van der Waals surface area contributed by atoms with Gasteiger partial charge in [-0.15, -0.1) is 0 Å². The molecule has 0 amide bonds. The Labute approximate surface area is 200 Å². The van der Waals surface area contributed by atoms with Crippen molar-refractivity contribution in [2.75, 3.05) is 0 Å². The smallest absolute Gasteiger partial charge is 0.399 e. The summed E-state index contributed by atoms with van der Waals surface area (Å²) in [5, 5.41) is 18.7. The lowest BCUT2D eigenvalue weighted by atomic mass is 9.63. The van der Waals surface area contributed by atoms with Crippen molar-refractivity contribution in [3.8, 4) is 11.5 Å². The van der Waals surface area contributed by atoms with Crippen molar-refractivity contribution in [1.82, 2.24) is 19.9 Å². The van der Waals surface area contributed by atoms with E-state index in [-0.39, 0.29) is 23.7 Å². The number of nitrogens with zero attached hydrogens (tertiary/aromatic N) is 4. The highest BCUT2D eigenvalue weighted by Gasteiger charge is 2.52. The zero-order valence-corrected chi connectivity index (χ0v) is 20.8. The SMILES string of the molecule is CC(C)(O)Cn1cc(-c2nc(C3(c4ccc(B5OC(C)(C)C(C)(C)O5)cc4)CCC3)no2)cn1. The normalized spacial score (nSPS) is 21.0. The van der Waals surface area contributed by atoms with Gasteiger partial charge < -0.3 is 18.9 Å². The first-order valence-electron chi connectivity index (χ1n) is 11.9. The summed E-state index contributed by atoms with van der Waals surface area (Å²) in [6.45, 7) is 12.1. The molecule has 34 heavy (non-hydrogen) atoms. The Morgan fingerprint density at radius 3 is 2.26 bits per heavy atom. The van der Waals surface area contributed by atoms with Gasteiger partial charge in [0.1, 0.15) is 0 Å².